The van der Waals surface area contributed by atoms with Crippen LogP contribution in [-0.4, -0.2) is 50.8 Å². The Kier molecular flexibility index (Phi) is 6.11. The van der Waals surface area contributed by atoms with Crippen LogP contribution in [0.25, 0.3) is 0 Å². The van der Waals surface area contributed by atoms with E-state index in [0.29, 0.717) is 5.41 Å². The highest BCUT2D eigenvalue weighted by atomic mass is 16.5. The Labute approximate surface area is 119 Å². The molecule has 3 heteroatoms. The van der Waals surface area contributed by atoms with Crippen molar-refractivity contribution in [2.45, 2.75) is 57.9 Å². The second-order valence-corrected chi connectivity index (χ2v) is 6.69. The number of rotatable bonds is 7. The Hall–Kier alpha value is -0.120. The van der Waals surface area contributed by atoms with E-state index < -0.39 is 0 Å². The molecule has 2 aliphatic rings. The second-order valence-electron chi connectivity index (χ2n) is 6.69. The van der Waals surface area contributed by atoms with Gasteiger partial charge >= 0.3 is 0 Å². The third-order valence-electron chi connectivity index (χ3n) is 4.86. The van der Waals surface area contributed by atoms with Gasteiger partial charge in [-0.3, -0.25) is 0 Å². The molecule has 1 saturated heterocycles. The van der Waals surface area contributed by atoms with Crippen LogP contribution in [0.4, 0.5) is 0 Å². The SMILES string of the molecule is CCCNCC1(CN(C)C2CCCC2)CCCOC1. The molecule has 19 heavy (non-hydrogen) atoms. The van der Waals surface area contributed by atoms with Crippen molar-refractivity contribution in [3.8, 4) is 0 Å². The average molecular weight is 268 g/mol. The molecule has 2 fully saturated rings. The Morgan fingerprint density at radius 2 is 2.05 bits per heavy atom. The summed E-state index contributed by atoms with van der Waals surface area (Å²) in [5.74, 6) is 0. The van der Waals surface area contributed by atoms with Crippen LogP contribution in [0.5, 0.6) is 0 Å². The van der Waals surface area contributed by atoms with Gasteiger partial charge < -0.3 is 15.0 Å². The van der Waals surface area contributed by atoms with Crippen LogP contribution in [0.3, 0.4) is 0 Å². The molecule has 1 unspecified atom stereocenters. The van der Waals surface area contributed by atoms with Crippen molar-refractivity contribution in [3.63, 3.8) is 0 Å². The zero-order valence-corrected chi connectivity index (χ0v) is 12.9. The summed E-state index contributed by atoms with van der Waals surface area (Å²) in [5.41, 5.74) is 0.352. The van der Waals surface area contributed by atoms with Crippen molar-refractivity contribution in [1.29, 1.82) is 0 Å². The third kappa shape index (κ3) is 4.44. The number of hydrogen-bond donors (Lipinski definition) is 1. The summed E-state index contributed by atoms with van der Waals surface area (Å²) in [6, 6.07) is 0.824. The number of hydrogen-bond acceptors (Lipinski definition) is 3. The van der Waals surface area contributed by atoms with Gasteiger partial charge in [0.15, 0.2) is 0 Å². The molecule has 1 aliphatic heterocycles. The lowest BCUT2D eigenvalue weighted by Crippen LogP contribution is -2.50. The Bertz CT molecular complexity index is 245. The lowest BCUT2D eigenvalue weighted by molar-refractivity contribution is -0.0278. The molecule has 3 nitrogen and oxygen atoms in total. The van der Waals surface area contributed by atoms with Gasteiger partial charge in [0.2, 0.25) is 0 Å². The molecule has 1 atom stereocenters. The molecule has 112 valence electrons. The maximum absolute atomic E-state index is 5.81. The quantitative estimate of drug-likeness (QED) is 0.718. The smallest absolute Gasteiger partial charge is 0.0546 e. The van der Waals surface area contributed by atoms with E-state index >= 15 is 0 Å². The summed E-state index contributed by atoms with van der Waals surface area (Å²) in [7, 11) is 2.33. The molecule has 0 bridgehead atoms. The normalized spacial score (nSPS) is 29.2. The standard InChI is InChI=1S/C16H32N2O/c1-3-10-17-12-16(9-6-11-19-14-16)13-18(2)15-7-4-5-8-15/h15,17H,3-14H2,1-2H3. The van der Waals surface area contributed by atoms with Crippen molar-refractivity contribution >= 4 is 0 Å². The second kappa shape index (κ2) is 7.61. The first-order chi connectivity index (χ1) is 9.26. The minimum Gasteiger partial charge on any atom is -0.381 e. The van der Waals surface area contributed by atoms with Gasteiger partial charge in [0.25, 0.3) is 0 Å². The molecule has 0 aromatic carbocycles. The van der Waals surface area contributed by atoms with Crippen molar-refractivity contribution in [3.05, 3.63) is 0 Å². The van der Waals surface area contributed by atoms with Gasteiger partial charge in [0.05, 0.1) is 6.61 Å². The first kappa shape index (κ1) is 15.3. The van der Waals surface area contributed by atoms with E-state index in [1.165, 1.54) is 51.5 Å². The van der Waals surface area contributed by atoms with Crippen LogP contribution in [0.2, 0.25) is 0 Å². The molecule has 1 aliphatic carbocycles. The summed E-state index contributed by atoms with van der Waals surface area (Å²) in [5, 5.41) is 3.63. The van der Waals surface area contributed by atoms with Crippen molar-refractivity contribution in [1.82, 2.24) is 10.2 Å². The van der Waals surface area contributed by atoms with E-state index in [2.05, 4.69) is 24.2 Å². The van der Waals surface area contributed by atoms with Crippen LogP contribution in [0.1, 0.15) is 51.9 Å². The van der Waals surface area contributed by atoms with Crippen molar-refractivity contribution < 1.29 is 4.74 Å². The predicted molar refractivity (Wildman–Crippen MR) is 80.5 cm³/mol. The average Bonchev–Trinajstić information content (AvgIpc) is 2.94. The van der Waals surface area contributed by atoms with E-state index in [0.717, 1.165) is 32.3 Å². The fourth-order valence-electron chi connectivity index (χ4n) is 3.76. The van der Waals surface area contributed by atoms with Gasteiger partial charge in [0, 0.05) is 31.2 Å². The van der Waals surface area contributed by atoms with E-state index in [1.54, 1.807) is 0 Å². The number of nitrogens with zero attached hydrogens (tertiary/aromatic N) is 1. The fraction of sp³-hybridized carbons (Fsp3) is 1.00. The molecule has 1 N–H and O–H groups in total. The third-order valence-corrected chi connectivity index (χ3v) is 4.86. The summed E-state index contributed by atoms with van der Waals surface area (Å²) in [4.78, 5) is 2.62. The van der Waals surface area contributed by atoms with E-state index in [4.69, 9.17) is 4.74 Å². The first-order valence-electron chi connectivity index (χ1n) is 8.24. The fourth-order valence-corrected chi connectivity index (χ4v) is 3.76. The zero-order valence-electron chi connectivity index (χ0n) is 12.9. The molecular weight excluding hydrogens is 236 g/mol. The molecule has 0 aromatic heterocycles. The maximum Gasteiger partial charge on any atom is 0.0546 e. The van der Waals surface area contributed by atoms with E-state index in [1.807, 2.05) is 0 Å². The molecule has 0 amide bonds. The minimum atomic E-state index is 0.352. The number of nitrogens with one attached hydrogen (secondary N) is 1. The summed E-state index contributed by atoms with van der Waals surface area (Å²) in [6.45, 7) is 7.60. The van der Waals surface area contributed by atoms with Gasteiger partial charge in [-0.15, -0.1) is 0 Å². The topological polar surface area (TPSA) is 24.5 Å². The first-order valence-corrected chi connectivity index (χ1v) is 8.24. The monoisotopic (exact) mass is 268 g/mol. The summed E-state index contributed by atoms with van der Waals surface area (Å²) in [6.07, 6.45) is 9.41. The van der Waals surface area contributed by atoms with Crippen LogP contribution in [0, 0.1) is 5.41 Å². The predicted octanol–water partition coefficient (Wildman–Crippen LogP) is 2.66. The molecule has 0 radical (unpaired) electrons. The molecule has 1 saturated carbocycles. The minimum absolute atomic E-state index is 0.352. The van der Waals surface area contributed by atoms with E-state index in [-0.39, 0.29) is 0 Å². The zero-order chi connectivity index (χ0) is 13.6. The van der Waals surface area contributed by atoms with E-state index in [9.17, 15) is 0 Å². The highest BCUT2D eigenvalue weighted by Gasteiger charge is 2.35. The Balaban J connectivity index is 1.88. The van der Waals surface area contributed by atoms with Crippen LogP contribution < -0.4 is 5.32 Å². The lowest BCUT2D eigenvalue weighted by Gasteiger charge is -2.41. The highest BCUT2D eigenvalue weighted by molar-refractivity contribution is 4.89. The lowest BCUT2D eigenvalue weighted by atomic mass is 9.81. The Morgan fingerprint density at radius 3 is 2.68 bits per heavy atom. The Morgan fingerprint density at radius 1 is 1.26 bits per heavy atom. The molecule has 2 rings (SSSR count). The van der Waals surface area contributed by atoms with Gasteiger partial charge in [-0.25, -0.2) is 0 Å². The van der Waals surface area contributed by atoms with Gasteiger partial charge in [-0.2, -0.15) is 0 Å². The molecule has 1 heterocycles. The van der Waals surface area contributed by atoms with Crippen molar-refractivity contribution in [2.24, 2.45) is 5.41 Å². The highest BCUT2D eigenvalue weighted by Crippen LogP contribution is 2.31. The van der Waals surface area contributed by atoms with Crippen LogP contribution in [-0.2, 0) is 4.74 Å². The van der Waals surface area contributed by atoms with Crippen molar-refractivity contribution in [2.75, 3.05) is 39.9 Å². The molecule has 0 spiro atoms. The largest absolute Gasteiger partial charge is 0.381 e. The van der Waals surface area contributed by atoms with Crippen LogP contribution in [0.15, 0.2) is 0 Å². The van der Waals surface area contributed by atoms with Crippen LogP contribution >= 0.6 is 0 Å². The van der Waals surface area contributed by atoms with Gasteiger partial charge in [-0.1, -0.05) is 19.8 Å². The summed E-state index contributed by atoms with van der Waals surface area (Å²) >= 11 is 0. The van der Waals surface area contributed by atoms with Gasteiger partial charge in [0.1, 0.15) is 0 Å². The summed E-state index contributed by atoms with van der Waals surface area (Å²) < 4.78 is 5.81. The molecule has 0 aromatic rings. The molecular formula is C16H32N2O. The maximum atomic E-state index is 5.81. The number of ether oxygens (including phenoxy) is 1. The van der Waals surface area contributed by atoms with Gasteiger partial charge in [-0.05, 0) is 45.7 Å².